The summed E-state index contributed by atoms with van der Waals surface area (Å²) in [5.41, 5.74) is 1.33. The molecule has 0 amide bonds. The van der Waals surface area contributed by atoms with E-state index in [1.807, 2.05) is 19.2 Å². The molecule has 4 aliphatic rings. The van der Waals surface area contributed by atoms with Crippen LogP contribution in [0.1, 0.15) is 73.3 Å². The summed E-state index contributed by atoms with van der Waals surface area (Å²) in [5.74, 6) is -1.25. The lowest BCUT2D eigenvalue weighted by atomic mass is 9.45. The van der Waals surface area contributed by atoms with Gasteiger partial charge in [-0.05, 0) is 104 Å². The molecule has 4 aliphatic carbocycles. The third-order valence-corrected chi connectivity index (χ3v) is 12.4. The van der Waals surface area contributed by atoms with Gasteiger partial charge in [0.05, 0.1) is 48.4 Å². The number of aliphatic hydroxyl groups excluding tert-OH is 2. The molecule has 1 aromatic carbocycles. The standard InChI is InChI=1S/C35H36FN3O6S/c1-33-16-21-18-38-39(23-6-8-26(36)20(14-23)19-40)27(21)15-22(33)5-7-24-25-9-10-35(32(43)46-13-11-37,34(25,2)17-28(41)30(24)33)45-31(42)29-4-3-12-44-29/h3-4,6,8,12,14-15,18,24-25,28,30,40-41H,5,7,9-10,13,16-17,19H2,1-2H3/t24-,25-,28-,30+,33-,34-,35-/m0/s1. The number of hydrogen-bond donors (Lipinski definition) is 2. The average Bonchev–Trinajstić information content (AvgIpc) is 3.77. The lowest BCUT2D eigenvalue weighted by Crippen LogP contribution is -2.62. The number of furan rings is 1. The Balaban J connectivity index is 1.22. The quantitative estimate of drug-likeness (QED) is 0.327. The molecule has 2 aromatic heterocycles. The second-order valence-electron chi connectivity index (χ2n) is 13.7. The number of aromatic nitrogens is 2. The molecule has 0 saturated heterocycles. The van der Waals surface area contributed by atoms with Crippen molar-refractivity contribution in [2.75, 3.05) is 5.75 Å². The molecule has 240 valence electrons. The van der Waals surface area contributed by atoms with Crippen LogP contribution >= 0.6 is 11.8 Å². The third-order valence-electron chi connectivity index (χ3n) is 11.6. The number of esters is 1. The smallest absolute Gasteiger partial charge is 0.375 e. The van der Waals surface area contributed by atoms with Gasteiger partial charge in [0.2, 0.25) is 10.9 Å². The van der Waals surface area contributed by atoms with Gasteiger partial charge in [-0.2, -0.15) is 10.4 Å². The number of carbonyl (C=O) groups excluding carboxylic acids is 2. The summed E-state index contributed by atoms with van der Waals surface area (Å²) < 4.78 is 27.4. The Labute approximate surface area is 270 Å². The minimum absolute atomic E-state index is 0.00507. The highest BCUT2D eigenvalue weighted by Gasteiger charge is 2.70. The van der Waals surface area contributed by atoms with Gasteiger partial charge in [0, 0.05) is 11.0 Å². The summed E-state index contributed by atoms with van der Waals surface area (Å²) in [6.45, 7) is 3.79. The molecule has 7 rings (SSSR count). The Bertz CT molecular complexity index is 1780. The molecular weight excluding hydrogens is 609 g/mol. The minimum Gasteiger partial charge on any atom is -0.457 e. The van der Waals surface area contributed by atoms with E-state index in [4.69, 9.17) is 9.15 Å². The van der Waals surface area contributed by atoms with Crippen molar-refractivity contribution in [2.24, 2.45) is 28.6 Å². The first-order valence-corrected chi connectivity index (χ1v) is 16.7. The predicted octanol–water partition coefficient (Wildman–Crippen LogP) is 5.63. The van der Waals surface area contributed by atoms with Crippen LogP contribution in [0.3, 0.4) is 0 Å². The topological polar surface area (TPSA) is 139 Å². The van der Waals surface area contributed by atoms with E-state index in [1.54, 1.807) is 22.9 Å². The zero-order valence-corrected chi connectivity index (χ0v) is 26.6. The number of aliphatic hydroxyl groups is 2. The number of allylic oxidation sites excluding steroid dienone is 1. The molecule has 7 atom stereocenters. The van der Waals surface area contributed by atoms with Crippen molar-refractivity contribution >= 4 is 28.9 Å². The zero-order valence-electron chi connectivity index (χ0n) is 25.7. The molecule has 11 heteroatoms. The fraction of sp³-hybridized carbons (Fsp3) is 0.486. The highest BCUT2D eigenvalue weighted by Crippen LogP contribution is 2.69. The van der Waals surface area contributed by atoms with Crippen LogP contribution in [0, 0.1) is 45.7 Å². The number of hydrogen-bond acceptors (Lipinski definition) is 9. The molecule has 3 fully saturated rings. The number of ether oxygens (including phenoxy) is 1. The zero-order chi connectivity index (χ0) is 32.4. The van der Waals surface area contributed by atoms with Gasteiger partial charge in [0.25, 0.3) is 0 Å². The van der Waals surface area contributed by atoms with Crippen LogP contribution in [0.5, 0.6) is 0 Å². The van der Waals surface area contributed by atoms with Gasteiger partial charge in [-0.1, -0.05) is 31.2 Å². The summed E-state index contributed by atoms with van der Waals surface area (Å²) in [4.78, 5) is 27.2. The molecule has 9 nitrogen and oxygen atoms in total. The van der Waals surface area contributed by atoms with Crippen LogP contribution in [0.15, 0.2) is 52.8 Å². The Morgan fingerprint density at radius 1 is 1.28 bits per heavy atom. The van der Waals surface area contributed by atoms with E-state index >= 15 is 0 Å². The first kappa shape index (κ1) is 30.9. The second-order valence-corrected chi connectivity index (χ2v) is 14.6. The maximum atomic E-state index is 14.1. The average molecular weight is 646 g/mol. The van der Waals surface area contributed by atoms with Gasteiger partial charge in [-0.3, -0.25) is 4.79 Å². The maximum absolute atomic E-state index is 14.1. The lowest BCUT2D eigenvalue weighted by Gasteiger charge is -2.60. The summed E-state index contributed by atoms with van der Waals surface area (Å²) in [7, 11) is 0. The maximum Gasteiger partial charge on any atom is 0.375 e. The summed E-state index contributed by atoms with van der Waals surface area (Å²) in [6.07, 6.45) is 8.12. The van der Waals surface area contributed by atoms with Gasteiger partial charge >= 0.3 is 5.97 Å². The number of nitriles is 1. The molecule has 0 radical (unpaired) electrons. The molecule has 0 spiro atoms. The number of halogens is 1. The summed E-state index contributed by atoms with van der Waals surface area (Å²) >= 11 is 0.867. The number of carbonyl (C=O) groups is 2. The fourth-order valence-electron chi connectivity index (χ4n) is 9.55. The van der Waals surface area contributed by atoms with Gasteiger partial charge in [0.1, 0.15) is 5.82 Å². The molecule has 0 aliphatic heterocycles. The van der Waals surface area contributed by atoms with Crippen molar-refractivity contribution < 1.29 is 33.3 Å². The number of fused-ring (bicyclic) bond motifs is 6. The van der Waals surface area contributed by atoms with Gasteiger partial charge in [0.15, 0.2) is 5.60 Å². The predicted molar refractivity (Wildman–Crippen MR) is 167 cm³/mol. The number of nitrogens with zero attached hydrogens (tertiary/aromatic N) is 3. The highest BCUT2D eigenvalue weighted by atomic mass is 32.2. The number of benzene rings is 1. The van der Waals surface area contributed by atoms with Crippen molar-refractivity contribution in [3.05, 3.63) is 76.8 Å². The van der Waals surface area contributed by atoms with E-state index in [0.717, 1.165) is 35.9 Å². The molecule has 0 bridgehead atoms. The van der Waals surface area contributed by atoms with Crippen molar-refractivity contribution in [3.63, 3.8) is 0 Å². The van der Waals surface area contributed by atoms with E-state index in [2.05, 4.69) is 18.1 Å². The third kappa shape index (κ3) is 4.44. The SMILES string of the molecule is C[C@]12Cc3cnn(-c4ccc(F)c(CO)c4)c3C=C1CC[C@@H]1[C@@H]2[C@@H](O)C[C@@]2(C)[C@H]1CC[C@]2(OC(=O)c1ccco1)C(=O)SCC#N. The highest BCUT2D eigenvalue weighted by molar-refractivity contribution is 8.14. The summed E-state index contributed by atoms with van der Waals surface area (Å²) in [6, 6.07) is 9.70. The Morgan fingerprint density at radius 2 is 2.11 bits per heavy atom. The van der Waals surface area contributed by atoms with Crippen molar-refractivity contribution in [1.82, 2.24) is 9.78 Å². The van der Waals surface area contributed by atoms with E-state index in [1.165, 1.54) is 24.0 Å². The normalized spacial score (nSPS) is 32.7. The van der Waals surface area contributed by atoms with Crippen LogP contribution < -0.4 is 0 Å². The fourth-order valence-corrected chi connectivity index (χ4v) is 10.4. The van der Waals surface area contributed by atoms with Crippen molar-refractivity contribution in [1.29, 1.82) is 5.26 Å². The second kappa shape index (κ2) is 11.2. The first-order chi connectivity index (χ1) is 22.1. The van der Waals surface area contributed by atoms with E-state index in [9.17, 15) is 29.5 Å². The first-order valence-electron chi connectivity index (χ1n) is 15.7. The molecule has 3 aromatic rings. The van der Waals surface area contributed by atoms with Gasteiger partial charge in [-0.15, -0.1) is 0 Å². The Morgan fingerprint density at radius 3 is 2.85 bits per heavy atom. The van der Waals surface area contributed by atoms with Crippen LogP contribution in [-0.4, -0.2) is 48.5 Å². The number of thioether (sulfide) groups is 1. The molecule has 2 heterocycles. The molecular formula is C35H36FN3O6S. The number of rotatable bonds is 6. The Hall–Kier alpha value is -3.72. The van der Waals surface area contributed by atoms with E-state index in [0.29, 0.717) is 24.9 Å². The minimum atomic E-state index is -1.50. The molecule has 3 saturated carbocycles. The molecule has 0 unspecified atom stereocenters. The van der Waals surface area contributed by atoms with Crippen molar-refractivity contribution in [3.8, 4) is 11.8 Å². The van der Waals surface area contributed by atoms with Crippen LogP contribution in [0.25, 0.3) is 11.8 Å². The molecule has 46 heavy (non-hydrogen) atoms. The van der Waals surface area contributed by atoms with Crippen molar-refractivity contribution in [2.45, 2.75) is 70.7 Å². The van der Waals surface area contributed by atoms with Crippen LogP contribution in [0.4, 0.5) is 4.39 Å². The monoisotopic (exact) mass is 645 g/mol. The Kier molecular flexibility index (Phi) is 7.54. The van der Waals surface area contributed by atoms with Crippen LogP contribution in [-0.2, 0) is 22.6 Å². The molecule has 2 N–H and O–H groups in total. The van der Waals surface area contributed by atoms with E-state index in [-0.39, 0.29) is 51.8 Å². The lowest BCUT2D eigenvalue weighted by molar-refractivity contribution is -0.175. The van der Waals surface area contributed by atoms with Gasteiger partial charge in [-0.25, -0.2) is 13.9 Å². The largest absolute Gasteiger partial charge is 0.457 e. The van der Waals surface area contributed by atoms with E-state index < -0.39 is 35.5 Å². The van der Waals surface area contributed by atoms with Gasteiger partial charge < -0.3 is 19.4 Å². The summed E-state index contributed by atoms with van der Waals surface area (Å²) in [5, 5.41) is 35.3. The van der Waals surface area contributed by atoms with Crippen LogP contribution in [0.2, 0.25) is 0 Å².